The molecule has 1 rings (SSSR count). The predicted molar refractivity (Wildman–Crippen MR) is 66.2 cm³/mol. The van der Waals surface area contributed by atoms with Crippen LogP contribution in [0.25, 0.3) is 0 Å². The summed E-state index contributed by atoms with van der Waals surface area (Å²) in [5, 5.41) is 8.79. The van der Waals surface area contributed by atoms with E-state index in [1.165, 1.54) is 25.1 Å². The van der Waals surface area contributed by atoms with Gasteiger partial charge in [0, 0.05) is 18.7 Å². The summed E-state index contributed by atoms with van der Waals surface area (Å²) in [6.45, 7) is 1.27. The number of aliphatic carboxylic acids is 1. The first-order valence-corrected chi connectivity index (χ1v) is 6.22. The number of carboxylic acids is 1. The van der Waals surface area contributed by atoms with Crippen LogP contribution < -0.4 is 4.74 Å². The molecule has 0 fully saturated rings. The second-order valence-corrected chi connectivity index (χ2v) is 4.80. The molecular weight excluding hydrogens is 259 g/mol. The van der Waals surface area contributed by atoms with Gasteiger partial charge in [-0.2, -0.15) is 0 Å². The van der Waals surface area contributed by atoms with Crippen LogP contribution in [0.5, 0.6) is 5.75 Å². The molecule has 1 aromatic carbocycles. The normalized spacial score (nSPS) is 11.9. The largest absolute Gasteiger partial charge is 0.493 e. The maximum absolute atomic E-state index is 12.9. The van der Waals surface area contributed by atoms with Crippen molar-refractivity contribution in [2.75, 3.05) is 12.4 Å². The van der Waals surface area contributed by atoms with E-state index in [9.17, 15) is 14.0 Å². The SMILES string of the molecule is CC(=O)SCC(COc1cccc(F)c1)C(=O)O. The number of hydrogen-bond donors (Lipinski definition) is 1. The average molecular weight is 272 g/mol. The number of thioether (sulfide) groups is 1. The summed E-state index contributed by atoms with van der Waals surface area (Å²) in [4.78, 5) is 21.7. The van der Waals surface area contributed by atoms with Gasteiger partial charge in [0.1, 0.15) is 24.1 Å². The van der Waals surface area contributed by atoms with Crippen LogP contribution >= 0.6 is 11.8 Å². The minimum atomic E-state index is -1.04. The van der Waals surface area contributed by atoms with Gasteiger partial charge in [0.05, 0.1) is 0 Å². The summed E-state index contributed by atoms with van der Waals surface area (Å²) in [6.07, 6.45) is 0. The van der Waals surface area contributed by atoms with Crippen LogP contribution in [0.1, 0.15) is 6.92 Å². The number of benzene rings is 1. The smallest absolute Gasteiger partial charge is 0.310 e. The minimum absolute atomic E-state index is 0.0981. The first kappa shape index (κ1) is 14.5. The molecule has 0 aliphatic rings. The Morgan fingerprint density at radius 2 is 2.22 bits per heavy atom. The molecule has 18 heavy (non-hydrogen) atoms. The lowest BCUT2D eigenvalue weighted by Gasteiger charge is -2.12. The third-order valence-corrected chi connectivity index (χ3v) is 3.06. The van der Waals surface area contributed by atoms with Gasteiger partial charge < -0.3 is 9.84 Å². The van der Waals surface area contributed by atoms with Crippen LogP contribution in [0.3, 0.4) is 0 Å². The Labute approximate surface area is 108 Å². The Morgan fingerprint density at radius 3 is 2.78 bits per heavy atom. The molecule has 0 amide bonds. The average Bonchev–Trinajstić information content (AvgIpc) is 2.28. The maximum atomic E-state index is 12.9. The number of rotatable bonds is 6. The molecule has 6 heteroatoms. The molecule has 0 saturated heterocycles. The second kappa shape index (κ2) is 7.00. The van der Waals surface area contributed by atoms with Crippen molar-refractivity contribution in [3.05, 3.63) is 30.1 Å². The Bertz CT molecular complexity index is 436. The topological polar surface area (TPSA) is 63.6 Å². The third-order valence-electron chi connectivity index (χ3n) is 2.08. The molecule has 0 aliphatic carbocycles. The summed E-state index contributed by atoms with van der Waals surface area (Å²) in [7, 11) is 0. The lowest BCUT2D eigenvalue weighted by Crippen LogP contribution is -2.24. The summed E-state index contributed by atoms with van der Waals surface area (Å²) >= 11 is 0.932. The highest BCUT2D eigenvalue weighted by atomic mass is 32.2. The zero-order valence-electron chi connectivity index (χ0n) is 9.76. The van der Waals surface area contributed by atoms with Gasteiger partial charge >= 0.3 is 5.97 Å². The molecule has 0 aliphatic heterocycles. The Kier molecular flexibility index (Phi) is 5.64. The quantitative estimate of drug-likeness (QED) is 0.860. The van der Waals surface area contributed by atoms with Crippen molar-refractivity contribution in [1.29, 1.82) is 0 Å². The monoisotopic (exact) mass is 272 g/mol. The molecule has 0 aromatic heterocycles. The van der Waals surface area contributed by atoms with Crippen molar-refractivity contribution in [1.82, 2.24) is 0 Å². The van der Waals surface area contributed by atoms with Crippen molar-refractivity contribution >= 4 is 22.8 Å². The highest BCUT2D eigenvalue weighted by Gasteiger charge is 2.19. The summed E-state index contributed by atoms with van der Waals surface area (Å²) in [6, 6.07) is 5.47. The Morgan fingerprint density at radius 1 is 1.50 bits per heavy atom. The first-order valence-electron chi connectivity index (χ1n) is 5.23. The molecule has 1 atom stereocenters. The molecule has 0 spiro atoms. The van der Waals surface area contributed by atoms with Crippen LogP contribution in [0.4, 0.5) is 4.39 Å². The Hall–Kier alpha value is -1.56. The summed E-state index contributed by atoms with van der Waals surface area (Å²) in [5.74, 6) is -1.88. The molecule has 0 bridgehead atoms. The van der Waals surface area contributed by atoms with Gasteiger partial charge in [-0.3, -0.25) is 9.59 Å². The van der Waals surface area contributed by atoms with Crippen molar-refractivity contribution in [3.63, 3.8) is 0 Å². The van der Waals surface area contributed by atoms with Gasteiger partial charge in [0.2, 0.25) is 0 Å². The molecular formula is C12H13FO4S. The van der Waals surface area contributed by atoms with Crippen molar-refractivity contribution in [3.8, 4) is 5.75 Å². The zero-order chi connectivity index (χ0) is 13.5. The van der Waals surface area contributed by atoms with Gasteiger partial charge in [-0.25, -0.2) is 4.39 Å². The van der Waals surface area contributed by atoms with Crippen LogP contribution in [0, 0.1) is 11.7 Å². The molecule has 4 nitrogen and oxygen atoms in total. The lowest BCUT2D eigenvalue weighted by molar-refractivity contribution is -0.141. The van der Waals surface area contributed by atoms with Crippen LogP contribution in [0.2, 0.25) is 0 Å². The number of carbonyl (C=O) groups excluding carboxylic acids is 1. The van der Waals surface area contributed by atoms with E-state index in [0.717, 1.165) is 11.8 Å². The number of carboxylic acid groups (broad SMARTS) is 1. The highest BCUT2D eigenvalue weighted by molar-refractivity contribution is 8.13. The van der Waals surface area contributed by atoms with Crippen LogP contribution in [-0.2, 0) is 9.59 Å². The van der Waals surface area contributed by atoms with E-state index >= 15 is 0 Å². The zero-order valence-corrected chi connectivity index (χ0v) is 10.6. The molecule has 0 saturated carbocycles. The van der Waals surface area contributed by atoms with Gasteiger partial charge in [-0.1, -0.05) is 17.8 Å². The molecule has 0 radical (unpaired) electrons. The van der Waals surface area contributed by atoms with Gasteiger partial charge in [-0.05, 0) is 12.1 Å². The number of halogens is 1. The van der Waals surface area contributed by atoms with Crippen LogP contribution in [0.15, 0.2) is 24.3 Å². The minimum Gasteiger partial charge on any atom is -0.493 e. The summed E-state index contributed by atoms with van der Waals surface area (Å²) in [5.41, 5.74) is 0. The van der Waals surface area contributed by atoms with Gasteiger partial charge in [-0.15, -0.1) is 0 Å². The van der Waals surface area contributed by atoms with Crippen molar-refractivity contribution in [2.24, 2.45) is 5.92 Å². The molecule has 1 aromatic rings. The maximum Gasteiger partial charge on any atom is 0.310 e. The molecule has 0 heterocycles. The molecule has 98 valence electrons. The fourth-order valence-corrected chi connectivity index (χ4v) is 1.84. The van der Waals surface area contributed by atoms with E-state index in [4.69, 9.17) is 9.84 Å². The number of carbonyl (C=O) groups is 2. The van der Waals surface area contributed by atoms with Gasteiger partial charge in [0.25, 0.3) is 0 Å². The van der Waals surface area contributed by atoms with Crippen molar-refractivity contribution in [2.45, 2.75) is 6.92 Å². The third kappa shape index (κ3) is 5.18. The summed E-state index contributed by atoms with van der Waals surface area (Å²) < 4.78 is 18.1. The van der Waals surface area contributed by atoms with E-state index in [0.29, 0.717) is 0 Å². The molecule has 1 unspecified atom stereocenters. The number of hydrogen-bond acceptors (Lipinski definition) is 4. The molecule has 1 N–H and O–H groups in total. The fraction of sp³-hybridized carbons (Fsp3) is 0.333. The Balaban J connectivity index is 2.51. The van der Waals surface area contributed by atoms with Crippen LogP contribution in [-0.4, -0.2) is 28.6 Å². The van der Waals surface area contributed by atoms with Crippen molar-refractivity contribution < 1.29 is 23.8 Å². The lowest BCUT2D eigenvalue weighted by atomic mass is 10.2. The van der Waals surface area contributed by atoms with E-state index in [-0.39, 0.29) is 23.2 Å². The van der Waals surface area contributed by atoms with E-state index in [2.05, 4.69) is 0 Å². The van der Waals surface area contributed by atoms with E-state index < -0.39 is 17.7 Å². The highest BCUT2D eigenvalue weighted by Crippen LogP contribution is 2.15. The second-order valence-electron chi connectivity index (χ2n) is 3.61. The van der Waals surface area contributed by atoms with E-state index in [1.807, 2.05) is 0 Å². The van der Waals surface area contributed by atoms with E-state index in [1.54, 1.807) is 6.07 Å². The standard InChI is InChI=1S/C12H13FO4S/c1-8(14)18-7-9(12(15)16)6-17-11-4-2-3-10(13)5-11/h2-5,9H,6-7H2,1H3,(H,15,16). The van der Waals surface area contributed by atoms with Gasteiger partial charge in [0.15, 0.2) is 5.12 Å². The number of ether oxygens (including phenoxy) is 1. The predicted octanol–water partition coefficient (Wildman–Crippen LogP) is 2.18. The fourth-order valence-electron chi connectivity index (χ4n) is 1.16. The first-order chi connectivity index (χ1) is 8.49.